The molecule has 1 fully saturated rings. The quantitative estimate of drug-likeness (QED) is 0.474. The minimum Gasteiger partial charge on any atom is -0.475 e. The van der Waals surface area contributed by atoms with Crippen LogP contribution in [0.25, 0.3) is 11.0 Å². The van der Waals surface area contributed by atoms with Crippen LogP contribution in [0, 0.1) is 5.92 Å². The number of aromatic nitrogens is 1. The van der Waals surface area contributed by atoms with Crippen LogP contribution in [-0.2, 0) is 9.53 Å². The number of carbonyl (C=O) groups excluding carboxylic acids is 2. The van der Waals surface area contributed by atoms with Gasteiger partial charge in [-0.25, -0.2) is 20.0 Å². The van der Waals surface area contributed by atoms with Crippen molar-refractivity contribution in [2.75, 3.05) is 37.6 Å². The number of hydrogen-bond acceptors (Lipinski definition) is 7. The van der Waals surface area contributed by atoms with E-state index in [1.807, 2.05) is 26.2 Å². The molecule has 2 amide bonds. The van der Waals surface area contributed by atoms with Crippen LogP contribution in [0.15, 0.2) is 45.9 Å². The highest BCUT2D eigenvalue weighted by molar-refractivity contribution is 6.30. The second-order valence-corrected chi connectivity index (χ2v) is 9.61. The third kappa shape index (κ3) is 4.81. The average molecular weight is 510 g/mol. The molecule has 2 aromatic heterocycles. The first-order valence-corrected chi connectivity index (χ1v) is 12.5. The van der Waals surface area contributed by atoms with Crippen molar-refractivity contribution in [2.45, 2.75) is 32.1 Å². The molecule has 0 unspecified atom stereocenters. The average Bonchev–Trinajstić information content (AvgIpc) is 3.56. The summed E-state index contributed by atoms with van der Waals surface area (Å²) in [6.07, 6.45) is 6.38. The van der Waals surface area contributed by atoms with Crippen molar-refractivity contribution in [2.24, 2.45) is 10.9 Å². The number of benzene rings is 1. The molecule has 1 aromatic carbocycles. The Kier molecular flexibility index (Phi) is 6.93. The summed E-state index contributed by atoms with van der Waals surface area (Å²) < 4.78 is 11.9. The molecular weight excluding hydrogens is 482 g/mol. The van der Waals surface area contributed by atoms with Crippen LogP contribution in [0.1, 0.15) is 48.2 Å². The number of nitrogens with one attached hydrogen (secondary N) is 1. The minimum absolute atomic E-state index is 0.000173. The molecule has 2 aliphatic rings. The molecule has 10 heteroatoms. The van der Waals surface area contributed by atoms with Gasteiger partial charge in [0.25, 0.3) is 5.91 Å². The van der Waals surface area contributed by atoms with E-state index in [2.05, 4.69) is 15.3 Å². The Morgan fingerprint density at radius 1 is 1.11 bits per heavy atom. The van der Waals surface area contributed by atoms with Crippen LogP contribution < -0.4 is 10.3 Å². The van der Waals surface area contributed by atoms with E-state index in [1.54, 1.807) is 28.2 Å². The van der Waals surface area contributed by atoms with Gasteiger partial charge < -0.3 is 14.5 Å². The van der Waals surface area contributed by atoms with Crippen molar-refractivity contribution < 1.29 is 18.7 Å². The van der Waals surface area contributed by atoms with Gasteiger partial charge in [-0.05, 0) is 37.1 Å². The fourth-order valence-corrected chi connectivity index (χ4v) is 4.85. The number of amides is 2. The molecule has 188 valence electrons. The van der Waals surface area contributed by atoms with Crippen molar-refractivity contribution in [1.29, 1.82) is 0 Å². The van der Waals surface area contributed by atoms with E-state index < -0.39 is 5.91 Å². The van der Waals surface area contributed by atoms with E-state index in [9.17, 15) is 9.59 Å². The molecule has 1 aliphatic carbocycles. The Morgan fingerprint density at radius 2 is 1.92 bits per heavy atom. The molecular formula is C26H28ClN5O4. The van der Waals surface area contributed by atoms with Gasteiger partial charge in [0, 0.05) is 31.6 Å². The summed E-state index contributed by atoms with van der Waals surface area (Å²) in [6, 6.07) is 8.62. The van der Waals surface area contributed by atoms with E-state index >= 15 is 0 Å². The predicted molar refractivity (Wildman–Crippen MR) is 139 cm³/mol. The van der Waals surface area contributed by atoms with Gasteiger partial charge in [0.1, 0.15) is 18.1 Å². The summed E-state index contributed by atoms with van der Waals surface area (Å²) in [4.78, 5) is 35.4. The van der Waals surface area contributed by atoms with Gasteiger partial charge in [-0.3, -0.25) is 9.59 Å². The molecule has 0 spiro atoms. The summed E-state index contributed by atoms with van der Waals surface area (Å²) >= 11 is 5.89. The van der Waals surface area contributed by atoms with Gasteiger partial charge in [0.2, 0.25) is 11.8 Å². The van der Waals surface area contributed by atoms with Crippen LogP contribution in [0.4, 0.5) is 11.5 Å². The second-order valence-electron chi connectivity index (χ2n) is 9.17. The predicted octanol–water partition coefficient (Wildman–Crippen LogP) is 4.90. The Morgan fingerprint density at radius 3 is 2.58 bits per heavy atom. The molecule has 0 bridgehead atoms. The first kappa shape index (κ1) is 24.3. The fourth-order valence-electron chi connectivity index (χ4n) is 4.74. The maximum Gasteiger partial charge on any atom is 0.292 e. The highest BCUT2D eigenvalue weighted by atomic mass is 35.5. The third-order valence-corrected chi connectivity index (χ3v) is 6.67. The summed E-state index contributed by atoms with van der Waals surface area (Å²) in [5.41, 5.74) is 1.59. The standard InChI is InChI=1S/C26H28ClN5O4/c1-31(2)32(26(34)16-6-4-3-5-7-16)22-19(25-28-12-13-35-25)10-8-17-14-20(36-23(17)22)24(33)30-21-11-9-18(27)15-29-21/h8-11,14-16H,3-7,12-13H2,1-2H3,(H,29,30,33). The normalized spacial score (nSPS) is 16.2. The number of ether oxygens (including phenoxy) is 1. The van der Waals surface area contributed by atoms with Crippen molar-refractivity contribution in [1.82, 2.24) is 9.99 Å². The fraction of sp³-hybridized carbons (Fsp3) is 0.385. The van der Waals surface area contributed by atoms with Crippen LogP contribution in [0.2, 0.25) is 5.02 Å². The second kappa shape index (κ2) is 10.3. The highest BCUT2D eigenvalue weighted by Crippen LogP contribution is 2.37. The molecule has 36 heavy (non-hydrogen) atoms. The lowest BCUT2D eigenvalue weighted by atomic mass is 9.88. The van der Waals surface area contributed by atoms with Crippen LogP contribution in [0.3, 0.4) is 0 Å². The summed E-state index contributed by atoms with van der Waals surface area (Å²) in [7, 11) is 3.65. The molecule has 1 N–H and O–H groups in total. The van der Waals surface area contributed by atoms with Crippen molar-refractivity contribution in [3.63, 3.8) is 0 Å². The lowest BCUT2D eigenvalue weighted by molar-refractivity contribution is -0.125. The number of aliphatic imine (C=N–C) groups is 1. The zero-order valence-corrected chi connectivity index (χ0v) is 21.0. The molecule has 1 aliphatic heterocycles. The maximum atomic E-state index is 13.8. The van der Waals surface area contributed by atoms with E-state index in [0.717, 1.165) is 32.1 Å². The molecule has 0 saturated heterocycles. The van der Waals surface area contributed by atoms with Gasteiger partial charge in [-0.1, -0.05) is 36.9 Å². The monoisotopic (exact) mass is 509 g/mol. The zero-order valence-electron chi connectivity index (χ0n) is 20.3. The number of carbonyl (C=O) groups is 2. The number of hydrogen-bond donors (Lipinski definition) is 1. The van der Waals surface area contributed by atoms with Crippen molar-refractivity contribution in [3.05, 3.63) is 52.9 Å². The van der Waals surface area contributed by atoms with Crippen LogP contribution in [-0.4, -0.2) is 55.0 Å². The first-order chi connectivity index (χ1) is 17.4. The van der Waals surface area contributed by atoms with Crippen molar-refractivity contribution >= 4 is 51.8 Å². The van der Waals surface area contributed by atoms with Gasteiger partial charge >= 0.3 is 0 Å². The SMILES string of the molecule is CN(C)N(C(=O)C1CCCCC1)c1c(C2=NCCO2)ccc2cc(C(=O)Nc3ccc(Cl)cn3)oc12. The number of pyridine rings is 1. The topological polar surface area (TPSA) is 100 Å². The summed E-state index contributed by atoms with van der Waals surface area (Å²) in [5.74, 6) is 0.366. The van der Waals surface area contributed by atoms with Crippen LogP contribution in [0.5, 0.6) is 0 Å². The smallest absolute Gasteiger partial charge is 0.292 e. The van der Waals surface area contributed by atoms with Crippen LogP contribution >= 0.6 is 11.6 Å². The Balaban J connectivity index is 1.58. The Bertz CT molecular complexity index is 1310. The van der Waals surface area contributed by atoms with Gasteiger partial charge in [0.15, 0.2) is 11.3 Å². The van der Waals surface area contributed by atoms with Gasteiger partial charge in [0.05, 0.1) is 17.1 Å². The number of furan rings is 1. The van der Waals surface area contributed by atoms with Gasteiger partial charge in [-0.15, -0.1) is 0 Å². The molecule has 0 atom stereocenters. The summed E-state index contributed by atoms with van der Waals surface area (Å²) in [6.45, 7) is 1.02. The number of hydrazine groups is 1. The zero-order chi connectivity index (χ0) is 25.2. The van der Waals surface area contributed by atoms with E-state index in [-0.39, 0.29) is 17.6 Å². The van der Waals surface area contributed by atoms with Crippen molar-refractivity contribution in [3.8, 4) is 0 Å². The Hall–Kier alpha value is -3.43. The molecule has 3 aromatic rings. The Labute approximate surface area is 214 Å². The minimum atomic E-state index is -0.460. The van der Waals surface area contributed by atoms with Gasteiger partial charge in [-0.2, -0.15) is 0 Å². The number of rotatable bonds is 6. The number of anilines is 2. The molecule has 9 nitrogen and oxygen atoms in total. The summed E-state index contributed by atoms with van der Waals surface area (Å²) in [5, 5.41) is 7.27. The lowest BCUT2D eigenvalue weighted by Gasteiger charge is -2.34. The first-order valence-electron chi connectivity index (χ1n) is 12.1. The molecule has 3 heterocycles. The third-order valence-electron chi connectivity index (χ3n) is 6.44. The number of halogens is 1. The number of fused-ring (bicyclic) bond motifs is 1. The number of nitrogens with zero attached hydrogens (tertiary/aromatic N) is 4. The highest BCUT2D eigenvalue weighted by Gasteiger charge is 2.34. The molecule has 5 rings (SSSR count). The van der Waals surface area contributed by atoms with E-state index in [4.69, 9.17) is 20.8 Å². The molecule has 1 saturated carbocycles. The maximum absolute atomic E-state index is 13.8. The van der Waals surface area contributed by atoms with E-state index in [0.29, 0.717) is 52.1 Å². The van der Waals surface area contributed by atoms with E-state index in [1.165, 1.54) is 6.20 Å². The lowest BCUT2D eigenvalue weighted by Crippen LogP contribution is -2.46. The largest absolute Gasteiger partial charge is 0.475 e. The molecule has 0 radical (unpaired) electrons.